The molecule has 7 heteroatoms. The summed E-state index contributed by atoms with van der Waals surface area (Å²) in [7, 11) is 0. The summed E-state index contributed by atoms with van der Waals surface area (Å²) in [5.74, 6) is -0.573. The molecule has 0 spiro atoms. The minimum absolute atomic E-state index is 0.00125. The van der Waals surface area contributed by atoms with Crippen LogP contribution in [-0.2, 0) is 14.4 Å². The van der Waals surface area contributed by atoms with E-state index in [9.17, 15) is 14.4 Å². The smallest absolute Gasteiger partial charge is 0.228 e. The van der Waals surface area contributed by atoms with Crippen molar-refractivity contribution in [2.24, 2.45) is 11.8 Å². The topological polar surface area (TPSA) is 69.7 Å². The Morgan fingerprint density at radius 3 is 2.31 bits per heavy atom. The number of anilines is 2. The molecule has 35 heavy (non-hydrogen) atoms. The third-order valence-electron chi connectivity index (χ3n) is 7.01. The van der Waals surface area contributed by atoms with E-state index in [0.29, 0.717) is 25.9 Å². The van der Waals surface area contributed by atoms with Gasteiger partial charge in [0.15, 0.2) is 0 Å². The molecule has 0 saturated carbocycles. The maximum absolute atomic E-state index is 13.7. The Morgan fingerprint density at radius 2 is 1.66 bits per heavy atom. The maximum atomic E-state index is 13.7. The lowest BCUT2D eigenvalue weighted by Crippen LogP contribution is -2.45. The second-order valence-electron chi connectivity index (χ2n) is 9.32. The van der Waals surface area contributed by atoms with Crippen molar-refractivity contribution in [3.05, 3.63) is 82.6 Å². The minimum atomic E-state index is -0.433. The Bertz CT molecular complexity index is 1190. The van der Waals surface area contributed by atoms with Gasteiger partial charge in [0.1, 0.15) is 0 Å². The average Bonchev–Trinajstić information content (AvgIpc) is 3.53. The number of piperidine rings is 1. The fraction of sp³-hybridized carbons (Fsp3) is 0.321. The van der Waals surface area contributed by atoms with Crippen molar-refractivity contribution in [2.75, 3.05) is 23.3 Å². The fourth-order valence-electron chi connectivity index (χ4n) is 5.11. The number of para-hydroxylation sites is 1. The third-order valence-corrected chi connectivity index (χ3v) is 7.95. The lowest BCUT2D eigenvalue weighted by atomic mass is 9.92. The Morgan fingerprint density at radius 1 is 0.943 bits per heavy atom. The van der Waals surface area contributed by atoms with Crippen LogP contribution in [0.15, 0.2) is 72.1 Å². The van der Waals surface area contributed by atoms with Gasteiger partial charge in [0.25, 0.3) is 0 Å². The molecule has 0 aliphatic carbocycles. The van der Waals surface area contributed by atoms with E-state index in [4.69, 9.17) is 0 Å². The molecule has 0 radical (unpaired) electrons. The molecule has 180 valence electrons. The van der Waals surface area contributed by atoms with Crippen LogP contribution in [0.4, 0.5) is 11.4 Å². The van der Waals surface area contributed by atoms with Gasteiger partial charge in [-0.1, -0.05) is 42.0 Å². The number of carbonyl (C=O) groups is 3. The number of hydrogen-bond acceptors (Lipinski definition) is 4. The predicted octanol–water partition coefficient (Wildman–Crippen LogP) is 5.03. The number of thiophene rings is 1. The molecule has 3 aromatic rings. The molecule has 2 fully saturated rings. The highest BCUT2D eigenvalue weighted by Gasteiger charge is 2.47. The maximum Gasteiger partial charge on any atom is 0.228 e. The van der Waals surface area contributed by atoms with Gasteiger partial charge >= 0.3 is 0 Å². The molecule has 3 amide bonds. The Balaban J connectivity index is 1.29. The number of benzene rings is 2. The van der Waals surface area contributed by atoms with Crippen LogP contribution in [0.2, 0.25) is 0 Å². The van der Waals surface area contributed by atoms with Gasteiger partial charge in [-0.2, -0.15) is 0 Å². The minimum Gasteiger partial charge on any atom is -0.342 e. The van der Waals surface area contributed by atoms with Crippen molar-refractivity contribution in [1.82, 2.24) is 4.90 Å². The van der Waals surface area contributed by atoms with Gasteiger partial charge in [0, 0.05) is 41.7 Å². The summed E-state index contributed by atoms with van der Waals surface area (Å²) >= 11 is 1.58. The van der Waals surface area contributed by atoms with E-state index >= 15 is 0 Å². The van der Waals surface area contributed by atoms with Crippen molar-refractivity contribution >= 4 is 40.4 Å². The van der Waals surface area contributed by atoms with Crippen molar-refractivity contribution in [3.8, 4) is 0 Å². The molecule has 1 aromatic heterocycles. The van der Waals surface area contributed by atoms with Crippen molar-refractivity contribution in [1.29, 1.82) is 0 Å². The summed E-state index contributed by atoms with van der Waals surface area (Å²) in [6.45, 7) is 3.07. The van der Waals surface area contributed by atoms with Gasteiger partial charge < -0.3 is 15.1 Å². The highest BCUT2D eigenvalue weighted by atomic mass is 32.1. The summed E-state index contributed by atoms with van der Waals surface area (Å²) in [4.78, 5) is 44.3. The first-order valence-corrected chi connectivity index (χ1v) is 13.0. The second-order valence-corrected chi connectivity index (χ2v) is 10.3. The Labute approximate surface area is 209 Å². The largest absolute Gasteiger partial charge is 0.342 e. The summed E-state index contributed by atoms with van der Waals surface area (Å²) in [6.07, 6.45) is 1.44. The number of hydrogen-bond donors (Lipinski definition) is 1. The van der Waals surface area contributed by atoms with Gasteiger partial charge in [0.2, 0.25) is 17.7 Å². The Kier molecular flexibility index (Phi) is 6.68. The van der Waals surface area contributed by atoms with Gasteiger partial charge in [0.05, 0.1) is 12.0 Å². The molecule has 2 aromatic carbocycles. The molecule has 2 atom stereocenters. The second kappa shape index (κ2) is 10.0. The first-order chi connectivity index (χ1) is 17.0. The van der Waals surface area contributed by atoms with E-state index in [1.807, 2.05) is 83.9 Å². The number of likely N-dealkylation sites (tertiary alicyclic amines) is 1. The van der Waals surface area contributed by atoms with Crippen LogP contribution in [0.5, 0.6) is 0 Å². The van der Waals surface area contributed by atoms with Crippen LogP contribution < -0.4 is 10.2 Å². The number of aryl methyl sites for hydroxylation is 1. The van der Waals surface area contributed by atoms with Crippen molar-refractivity contribution in [3.63, 3.8) is 0 Å². The number of rotatable bonds is 5. The number of nitrogens with zero attached hydrogens (tertiary/aromatic N) is 2. The van der Waals surface area contributed by atoms with Crippen LogP contribution in [0.3, 0.4) is 0 Å². The highest BCUT2D eigenvalue weighted by Crippen LogP contribution is 2.44. The van der Waals surface area contributed by atoms with Crippen LogP contribution in [-0.4, -0.2) is 35.7 Å². The molecule has 0 unspecified atom stereocenters. The first-order valence-electron chi connectivity index (χ1n) is 12.1. The number of nitrogens with one attached hydrogen (secondary N) is 1. The fourth-order valence-corrected chi connectivity index (χ4v) is 5.99. The van der Waals surface area contributed by atoms with Crippen LogP contribution in [0.1, 0.15) is 35.7 Å². The third kappa shape index (κ3) is 4.86. The first kappa shape index (κ1) is 23.3. The molecule has 2 aliphatic rings. The van der Waals surface area contributed by atoms with Crippen LogP contribution >= 0.6 is 11.3 Å². The SMILES string of the molecule is Cc1ccc(N2C(=O)C[C@H](C(=O)N3CCC(C(=O)Nc4ccccc4)CC3)[C@@H]2c2cccs2)cc1. The lowest BCUT2D eigenvalue weighted by Gasteiger charge is -2.35. The van der Waals surface area contributed by atoms with E-state index < -0.39 is 5.92 Å². The van der Waals surface area contributed by atoms with Gasteiger partial charge in [-0.15, -0.1) is 11.3 Å². The molecule has 5 rings (SSSR count). The lowest BCUT2D eigenvalue weighted by molar-refractivity contribution is -0.139. The van der Waals surface area contributed by atoms with Crippen molar-refractivity contribution < 1.29 is 14.4 Å². The molecule has 2 aliphatic heterocycles. The zero-order valence-electron chi connectivity index (χ0n) is 19.7. The molecule has 2 saturated heterocycles. The molecule has 6 nitrogen and oxygen atoms in total. The van der Waals surface area contributed by atoms with E-state index in [-0.39, 0.29) is 36.1 Å². The summed E-state index contributed by atoms with van der Waals surface area (Å²) in [5, 5.41) is 4.97. The van der Waals surface area contributed by atoms with Crippen LogP contribution in [0, 0.1) is 18.8 Å². The quantitative estimate of drug-likeness (QED) is 0.549. The molecule has 3 heterocycles. The van der Waals surface area contributed by atoms with E-state index in [1.165, 1.54) is 0 Å². The zero-order chi connectivity index (χ0) is 24.4. The summed E-state index contributed by atoms with van der Waals surface area (Å²) in [5.41, 5.74) is 2.74. The van der Waals surface area contributed by atoms with Crippen LogP contribution in [0.25, 0.3) is 0 Å². The van der Waals surface area contributed by atoms with E-state index in [2.05, 4.69) is 5.32 Å². The normalized spacial score (nSPS) is 20.8. The Hall–Kier alpha value is -3.45. The van der Waals surface area contributed by atoms with Gasteiger partial charge in [-0.05, 0) is 55.5 Å². The van der Waals surface area contributed by atoms with Crippen molar-refractivity contribution in [2.45, 2.75) is 32.2 Å². The molecular weight excluding hydrogens is 458 g/mol. The summed E-state index contributed by atoms with van der Waals surface area (Å²) in [6, 6.07) is 21.0. The molecule has 1 N–H and O–H groups in total. The van der Waals surface area contributed by atoms with E-state index in [1.54, 1.807) is 16.2 Å². The number of amides is 3. The standard InChI is InChI=1S/C28H29N3O3S/c1-19-9-11-22(12-10-19)31-25(32)18-23(26(31)24-8-5-17-35-24)28(34)30-15-13-20(14-16-30)27(33)29-21-6-3-2-4-7-21/h2-12,17,20,23,26H,13-16,18H2,1H3,(H,29,33)/t23-,26+/m0/s1. The summed E-state index contributed by atoms with van der Waals surface area (Å²) < 4.78 is 0. The van der Waals surface area contributed by atoms with E-state index in [0.717, 1.165) is 21.8 Å². The molecule has 0 bridgehead atoms. The van der Waals surface area contributed by atoms with Gasteiger partial charge in [-0.25, -0.2) is 0 Å². The predicted molar refractivity (Wildman–Crippen MR) is 138 cm³/mol. The average molecular weight is 488 g/mol. The van der Waals surface area contributed by atoms with Gasteiger partial charge in [-0.3, -0.25) is 14.4 Å². The zero-order valence-corrected chi connectivity index (χ0v) is 20.5. The number of carbonyl (C=O) groups excluding carboxylic acids is 3. The highest BCUT2D eigenvalue weighted by molar-refractivity contribution is 7.10. The monoisotopic (exact) mass is 487 g/mol. The molecular formula is C28H29N3O3S.